The topological polar surface area (TPSA) is 83.8 Å². The van der Waals surface area contributed by atoms with E-state index in [1.165, 1.54) is 4.88 Å². The Kier molecular flexibility index (Phi) is 7.42. The third-order valence-electron chi connectivity index (χ3n) is 5.52. The van der Waals surface area contributed by atoms with Gasteiger partial charge >= 0.3 is 0 Å². The number of carbonyl (C=O) groups is 1. The number of ether oxygens (including phenoxy) is 3. The van der Waals surface area contributed by atoms with E-state index in [1.807, 2.05) is 24.1 Å². The number of nitrogens with one attached hydrogen (secondary N) is 1. The molecule has 1 atom stereocenters. The highest BCUT2D eigenvalue weighted by atomic mass is 32.1. The number of hydrogen-bond donors (Lipinski definition) is 1. The van der Waals surface area contributed by atoms with Crippen molar-refractivity contribution in [3.63, 3.8) is 0 Å². The van der Waals surface area contributed by atoms with Crippen LogP contribution in [0.1, 0.15) is 34.9 Å². The Bertz CT molecular complexity index is 996. The minimum Gasteiger partial charge on any atom is -0.493 e. The molecule has 1 unspecified atom stereocenters. The first kappa shape index (κ1) is 22.9. The number of likely N-dealkylation sites (N-methyl/N-ethyl adjacent to an activating group) is 1. The monoisotopic (exact) mass is 443 g/mol. The van der Waals surface area contributed by atoms with Crippen LogP contribution < -0.4 is 19.5 Å². The molecule has 1 aliphatic rings. The molecule has 31 heavy (non-hydrogen) atoms. The molecule has 1 aliphatic carbocycles. The zero-order valence-corrected chi connectivity index (χ0v) is 19.5. The van der Waals surface area contributed by atoms with Gasteiger partial charge in [-0.15, -0.1) is 11.3 Å². The Hall–Kier alpha value is -2.76. The van der Waals surface area contributed by atoms with E-state index in [2.05, 4.69) is 18.3 Å². The van der Waals surface area contributed by atoms with Gasteiger partial charge in [0.2, 0.25) is 11.7 Å². The van der Waals surface area contributed by atoms with E-state index >= 15 is 0 Å². The minimum atomic E-state index is -0.148. The number of rotatable bonds is 8. The van der Waals surface area contributed by atoms with Crippen molar-refractivity contribution in [3.05, 3.63) is 33.7 Å². The fourth-order valence-electron chi connectivity index (χ4n) is 4.00. The number of carbonyl (C=O) groups excluding carboxylic acids is 1. The van der Waals surface area contributed by atoms with E-state index < -0.39 is 0 Å². The summed E-state index contributed by atoms with van der Waals surface area (Å²) in [5.41, 5.74) is 2.63. The summed E-state index contributed by atoms with van der Waals surface area (Å²) in [6.45, 7) is 2.90. The van der Waals surface area contributed by atoms with Crippen LogP contribution in [0.15, 0.2) is 12.1 Å². The fourth-order valence-corrected chi connectivity index (χ4v) is 5.38. The van der Waals surface area contributed by atoms with Gasteiger partial charge in [0.25, 0.3) is 0 Å². The molecule has 0 fully saturated rings. The molecule has 0 bridgehead atoms. The quantitative estimate of drug-likeness (QED) is 0.667. The standard InChI is InChI=1S/C23H29N3O4S/c1-14-6-8-16-17(11-24)23(31-19(16)10-14)25-20(27)13-26(2)12-15-7-9-18(28-3)22(30-5)21(15)29-4/h7,9,14H,6,8,10,12-13H2,1-5H3,(H,25,27). The second-order valence-corrected chi connectivity index (χ2v) is 8.99. The molecule has 7 nitrogen and oxygen atoms in total. The third kappa shape index (κ3) is 4.94. The molecule has 0 saturated heterocycles. The summed E-state index contributed by atoms with van der Waals surface area (Å²) in [6.07, 6.45) is 2.97. The largest absolute Gasteiger partial charge is 0.493 e. The summed E-state index contributed by atoms with van der Waals surface area (Å²) in [5, 5.41) is 13.3. The summed E-state index contributed by atoms with van der Waals surface area (Å²) in [4.78, 5) is 15.8. The van der Waals surface area contributed by atoms with E-state index in [0.717, 1.165) is 30.4 Å². The van der Waals surface area contributed by atoms with Crippen LogP contribution in [-0.2, 0) is 24.2 Å². The third-order valence-corrected chi connectivity index (χ3v) is 6.69. The van der Waals surface area contributed by atoms with Crippen molar-refractivity contribution >= 4 is 22.2 Å². The molecule has 1 aromatic carbocycles. The number of hydrogen-bond acceptors (Lipinski definition) is 7. The SMILES string of the molecule is COc1ccc(CN(C)CC(=O)Nc2sc3c(c2C#N)CCC(C)C3)c(OC)c1OC. The van der Waals surface area contributed by atoms with E-state index in [-0.39, 0.29) is 12.5 Å². The van der Waals surface area contributed by atoms with Crippen molar-refractivity contribution < 1.29 is 19.0 Å². The molecule has 166 valence electrons. The first-order valence-electron chi connectivity index (χ1n) is 10.2. The van der Waals surface area contributed by atoms with Gasteiger partial charge in [-0.05, 0) is 43.9 Å². The molecular weight excluding hydrogens is 414 g/mol. The van der Waals surface area contributed by atoms with Gasteiger partial charge in [-0.25, -0.2) is 0 Å². The molecule has 0 spiro atoms. The van der Waals surface area contributed by atoms with Crippen LogP contribution in [-0.4, -0.2) is 45.7 Å². The molecule has 8 heteroatoms. The van der Waals surface area contributed by atoms with Crippen LogP contribution in [0.2, 0.25) is 0 Å². The Labute approximate surface area is 187 Å². The van der Waals surface area contributed by atoms with E-state index in [1.54, 1.807) is 32.7 Å². The molecule has 0 saturated carbocycles. The summed E-state index contributed by atoms with van der Waals surface area (Å²) >= 11 is 1.54. The molecule has 2 aromatic rings. The van der Waals surface area contributed by atoms with E-state index in [4.69, 9.17) is 14.2 Å². The first-order valence-corrected chi connectivity index (χ1v) is 11.0. The summed E-state index contributed by atoms with van der Waals surface area (Å²) in [7, 11) is 6.58. The predicted molar refractivity (Wildman–Crippen MR) is 121 cm³/mol. The lowest BCUT2D eigenvalue weighted by molar-refractivity contribution is -0.117. The van der Waals surface area contributed by atoms with Crippen LogP contribution in [0.25, 0.3) is 0 Å². The smallest absolute Gasteiger partial charge is 0.239 e. The van der Waals surface area contributed by atoms with Gasteiger partial charge in [-0.1, -0.05) is 13.0 Å². The highest BCUT2D eigenvalue weighted by Gasteiger charge is 2.25. The van der Waals surface area contributed by atoms with Crippen molar-refractivity contribution in [2.45, 2.75) is 32.7 Å². The van der Waals surface area contributed by atoms with Crippen molar-refractivity contribution in [2.75, 3.05) is 40.2 Å². The second kappa shape index (κ2) is 10.0. The molecule has 1 aromatic heterocycles. The van der Waals surface area contributed by atoms with Crippen LogP contribution in [0.5, 0.6) is 17.2 Å². The number of methoxy groups -OCH3 is 3. The first-order chi connectivity index (χ1) is 14.9. The number of thiophene rings is 1. The molecular formula is C23H29N3O4S. The zero-order chi connectivity index (χ0) is 22.5. The Morgan fingerprint density at radius 3 is 2.65 bits per heavy atom. The maximum atomic E-state index is 12.7. The van der Waals surface area contributed by atoms with Gasteiger partial charge in [0.1, 0.15) is 11.1 Å². The lowest BCUT2D eigenvalue weighted by Gasteiger charge is -2.20. The van der Waals surface area contributed by atoms with Gasteiger partial charge in [0.05, 0.1) is 33.4 Å². The second-order valence-electron chi connectivity index (χ2n) is 7.88. The predicted octanol–water partition coefficient (Wildman–Crippen LogP) is 3.84. The number of nitrogens with zero attached hydrogens (tertiary/aromatic N) is 2. The van der Waals surface area contributed by atoms with Gasteiger partial charge in [-0.3, -0.25) is 9.69 Å². The number of amides is 1. The van der Waals surface area contributed by atoms with Crippen LogP contribution in [0.4, 0.5) is 5.00 Å². The number of nitriles is 1. The molecule has 1 N–H and O–H groups in total. The number of benzene rings is 1. The fraction of sp³-hybridized carbons (Fsp3) is 0.478. The van der Waals surface area contributed by atoms with Crippen molar-refractivity contribution in [1.82, 2.24) is 4.90 Å². The Morgan fingerprint density at radius 2 is 2.00 bits per heavy atom. The summed E-state index contributed by atoms with van der Waals surface area (Å²) in [5.74, 6) is 2.16. The number of fused-ring (bicyclic) bond motifs is 1. The zero-order valence-electron chi connectivity index (χ0n) is 18.7. The molecule has 0 aliphatic heterocycles. The molecule has 0 radical (unpaired) electrons. The minimum absolute atomic E-state index is 0.148. The Morgan fingerprint density at radius 1 is 1.26 bits per heavy atom. The average Bonchev–Trinajstić information content (AvgIpc) is 3.08. The normalized spacial score (nSPS) is 15.2. The van der Waals surface area contributed by atoms with Crippen molar-refractivity contribution in [1.29, 1.82) is 5.26 Å². The van der Waals surface area contributed by atoms with E-state index in [0.29, 0.717) is 40.3 Å². The maximum absolute atomic E-state index is 12.7. The Balaban J connectivity index is 1.69. The lowest BCUT2D eigenvalue weighted by atomic mass is 9.89. The molecule has 1 heterocycles. The van der Waals surface area contributed by atoms with Crippen molar-refractivity contribution in [2.24, 2.45) is 5.92 Å². The highest BCUT2D eigenvalue weighted by Crippen LogP contribution is 2.41. The summed E-state index contributed by atoms with van der Waals surface area (Å²) < 4.78 is 16.3. The van der Waals surface area contributed by atoms with Gasteiger partial charge in [-0.2, -0.15) is 5.26 Å². The van der Waals surface area contributed by atoms with Gasteiger partial charge in [0.15, 0.2) is 11.5 Å². The summed E-state index contributed by atoms with van der Waals surface area (Å²) in [6, 6.07) is 6.02. The average molecular weight is 444 g/mol. The maximum Gasteiger partial charge on any atom is 0.239 e. The van der Waals surface area contributed by atoms with E-state index in [9.17, 15) is 10.1 Å². The highest BCUT2D eigenvalue weighted by molar-refractivity contribution is 7.16. The number of anilines is 1. The van der Waals surface area contributed by atoms with Gasteiger partial charge in [0, 0.05) is 17.0 Å². The van der Waals surface area contributed by atoms with Crippen LogP contribution in [0, 0.1) is 17.2 Å². The molecule has 3 rings (SSSR count). The van der Waals surface area contributed by atoms with Crippen molar-refractivity contribution in [3.8, 4) is 23.3 Å². The molecule has 1 amide bonds. The van der Waals surface area contributed by atoms with Crippen LogP contribution in [0.3, 0.4) is 0 Å². The van der Waals surface area contributed by atoms with Gasteiger partial charge < -0.3 is 19.5 Å². The lowest BCUT2D eigenvalue weighted by Crippen LogP contribution is -2.30. The van der Waals surface area contributed by atoms with Crippen LogP contribution >= 0.6 is 11.3 Å².